The Morgan fingerprint density at radius 3 is 2.47 bits per heavy atom. The van der Waals surface area contributed by atoms with Gasteiger partial charge in [0.15, 0.2) is 6.29 Å². The van der Waals surface area contributed by atoms with Gasteiger partial charge in [0.2, 0.25) is 11.1 Å². The van der Waals surface area contributed by atoms with Gasteiger partial charge in [-0.1, -0.05) is 72.4 Å². The van der Waals surface area contributed by atoms with Crippen molar-refractivity contribution < 1.29 is 29.3 Å². The Labute approximate surface area is 253 Å². The van der Waals surface area contributed by atoms with Crippen LogP contribution in [0.2, 0.25) is 0 Å². The maximum atomic E-state index is 12.0. The molecule has 11 nitrogen and oxygen atoms in total. The average molecular weight is 604 g/mol. The minimum absolute atomic E-state index is 0.0202. The van der Waals surface area contributed by atoms with E-state index in [4.69, 9.17) is 14.6 Å². The Kier molecular flexibility index (Phi) is 10.2. The SMILES string of the molecule is Cn1nnnc1SC[C@H]1C[C@@H](c2ccc(CO)cc2)O[C@@H](c2cccc(-c3cccc(CNC(=O)CCC(=O)O)c3)c2)O1. The first-order valence-corrected chi connectivity index (χ1v) is 14.9. The van der Waals surface area contributed by atoms with Crippen LogP contribution in [0.3, 0.4) is 0 Å². The maximum absolute atomic E-state index is 12.0. The molecule has 224 valence electrons. The zero-order valence-corrected chi connectivity index (χ0v) is 24.4. The fourth-order valence-electron chi connectivity index (χ4n) is 4.77. The summed E-state index contributed by atoms with van der Waals surface area (Å²) in [5.41, 5.74) is 5.55. The first kappa shape index (κ1) is 30.4. The molecule has 0 saturated carbocycles. The summed E-state index contributed by atoms with van der Waals surface area (Å²) in [5.74, 6) is -0.661. The monoisotopic (exact) mass is 603 g/mol. The second-order valence-corrected chi connectivity index (χ2v) is 11.2. The van der Waals surface area contributed by atoms with Crippen molar-refractivity contribution in [3.05, 3.63) is 95.1 Å². The summed E-state index contributed by atoms with van der Waals surface area (Å²) in [6, 6.07) is 23.6. The number of thioether (sulfide) groups is 1. The van der Waals surface area contributed by atoms with Gasteiger partial charge in [-0.25, -0.2) is 4.68 Å². The normalized spacial score (nSPS) is 18.3. The van der Waals surface area contributed by atoms with Crippen LogP contribution < -0.4 is 5.32 Å². The third kappa shape index (κ3) is 8.26. The number of aliphatic hydroxyl groups is 1. The van der Waals surface area contributed by atoms with Crippen molar-refractivity contribution in [2.24, 2.45) is 7.05 Å². The van der Waals surface area contributed by atoms with Crippen LogP contribution >= 0.6 is 11.8 Å². The lowest BCUT2D eigenvalue weighted by atomic mass is 9.99. The van der Waals surface area contributed by atoms with Crippen molar-refractivity contribution in [2.45, 2.75) is 56.1 Å². The number of carboxylic acids is 1. The molecule has 0 bridgehead atoms. The highest BCUT2D eigenvalue weighted by Crippen LogP contribution is 2.40. The molecule has 1 aliphatic heterocycles. The number of aliphatic hydroxyl groups excluding tert-OH is 1. The van der Waals surface area contributed by atoms with E-state index in [-0.39, 0.29) is 37.6 Å². The summed E-state index contributed by atoms with van der Waals surface area (Å²) in [4.78, 5) is 22.7. The highest BCUT2D eigenvalue weighted by atomic mass is 32.2. The highest BCUT2D eigenvalue weighted by molar-refractivity contribution is 7.99. The molecule has 43 heavy (non-hydrogen) atoms. The predicted molar refractivity (Wildman–Crippen MR) is 159 cm³/mol. The van der Waals surface area contributed by atoms with E-state index < -0.39 is 12.3 Å². The predicted octanol–water partition coefficient (Wildman–Crippen LogP) is 4.19. The average Bonchev–Trinajstić information content (AvgIpc) is 3.46. The summed E-state index contributed by atoms with van der Waals surface area (Å²) >= 11 is 1.53. The van der Waals surface area contributed by atoms with Crippen LogP contribution in [0.1, 0.15) is 53.9 Å². The van der Waals surface area contributed by atoms with Crippen molar-refractivity contribution in [3.63, 3.8) is 0 Å². The van der Waals surface area contributed by atoms with Gasteiger partial charge in [-0.15, -0.1) is 5.10 Å². The topological polar surface area (TPSA) is 149 Å². The second-order valence-electron chi connectivity index (χ2n) is 10.2. The van der Waals surface area contributed by atoms with Gasteiger partial charge in [0, 0.05) is 37.8 Å². The lowest BCUT2D eigenvalue weighted by Crippen LogP contribution is -2.31. The molecule has 5 rings (SSSR count). The zero-order valence-electron chi connectivity index (χ0n) is 23.6. The molecule has 12 heteroatoms. The third-order valence-corrected chi connectivity index (χ3v) is 8.21. The number of amides is 1. The first-order valence-electron chi connectivity index (χ1n) is 13.9. The Morgan fingerprint density at radius 2 is 1.74 bits per heavy atom. The quantitative estimate of drug-likeness (QED) is 0.201. The fraction of sp³-hybridized carbons (Fsp3) is 0.323. The Bertz CT molecular complexity index is 1550. The van der Waals surface area contributed by atoms with Crippen LogP contribution in [0.15, 0.2) is 78.0 Å². The van der Waals surface area contributed by atoms with Crippen LogP contribution in [-0.2, 0) is 39.3 Å². The van der Waals surface area contributed by atoms with Crippen LogP contribution in [-0.4, -0.2) is 54.2 Å². The van der Waals surface area contributed by atoms with Crippen molar-refractivity contribution in [2.75, 3.05) is 5.75 Å². The van der Waals surface area contributed by atoms with Gasteiger partial charge in [0.1, 0.15) is 0 Å². The van der Waals surface area contributed by atoms with Crippen LogP contribution in [0.5, 0.6) is 0 Å². The van der Waals surface area contributed by atoms with E-state index in [2.05, 4.69) is 20.8 Å². The summed E-state index contributed by atoms with van der Waals surface area (Å²) in [5, 5.41) is 33.5. The number of carbonyl (C=O) groups excluding carboxylic acids is 1. The van der Waals surface area contributed by atoms with E-state index >= 15 is 0 Å². The first-order chi connectivity index (χ1) is 20.9. The van der Waals surface area contributed by atoms with E-state index in [1.165, 1.54) is 11.8 Å². The Balaban J connectivity index is 1.33. The molecule has 1 saturated heterocycles. The molecule has 4 aromatic rings. The number of aryl methyl sites for hydroxylation is 1. The molecule has 3 aromatic carbocycles. The summed E-state index contributed by atoms with van der Waals surface area (Å²) < 4.78 is 14.6. The molecule has 0 aliphatic carbocycles. The van der Waals surface area contributed by atoms with Gasteiger partial charge in [-0.2, -0.15) is 0 Å². The summed E-state index contributed by atoms with van der Waals surface area (Å²) in [6.07, 6.45) is -0.578. The largest absolute Gasteiger partial charge is 0.481 e. The standard InChI is InChI=1S/C31H33N5O6S/c1-36-31(33-34-35-36)43-19-26-16-27(22-10-8-20(18-37)9-11-22)42-30(41-26)25-7-3-6-24(15-25)23-5-2-4-21(14-23)17-32-28(38)12-13-29(39)40/h2-11,14-15,26-27,30,37H,12-13,16-19H2,1H3,(H,32,38)(H,39,40)/t26-,27+,30+/m1/s1. The van der Waals surface area contributed by atoms with Crippen LogP contribution in [0, 0.1) is 0 Å². The molecule has 0 unspecified atom stereocenters. The summed E-state index contributed by atoms with van der Waals surface area (Å²) in [6.45, 7) is 0.283. The molecular formula is C31H33N5O6S. The number of carbonyl (C=O) groups is 2. The van der Waals surface area contributed by atoms with Gasteiger partial charge in [0.25, 0.3) is 0 Å². The van der Waals surface area contributed by atoms with Gasteiger partial charge in [-0.05, 0) is 50.4 Å². The lowest BCUT2D eigenvalue weighted by molar-refractivity contribution is -0.245. The number of hydrogen-bond donors (Lipinski definition) is 3. The Morgan fingerprint density at radius 1 is 0.977 bits per heavy atom. The maximum Gasteiger partial charge on any atom is 0.303 e. The molecule has 0 spiro atoms. The molecule has 1 fully saturated rings. The van der Waals surface area contributed by atoms with Crippen molar-refractivity contribution in [1.29, 1.82) is 0 Å². The van der Waals surface area contributed by atoms with Gasteiger partial charge in [-0.3, -0.25) is 9.59 Å². The smallest absolute Gasteiger partial charge is 0.303 e. The number of aliphatic carboxylic acids is 1. The van der Waals surface area contributed by atoms with Gasteiger partial charge in [0.05, 0.1) is 25.2 Å². The van der Waals surface area contributed by atoms with Crippen molar-refractivity contribution in [3.8, 4) is 11.1 Å². The van der Waals surface area contributed by atoms with E-state index in [9.17, 15) is 14.7 Å². The van der Waals surface area contributed by atoms with Gasteiger partial charge < -0.3 is 25.0 Å². The van der Waals surface area contributed by atoms with E-state index in [1.807, 2.05) is 72.8 Å². The minimum atomic E-state index is -0.998. The van der Waals surface area contributed by atoms with Crippen LogP contribution in [0.4, 0.5) is 0 Å². The molecule has 3 atom stereocenters. The van der Waals surface area contributed by atoms with Crippen molar-refractivity contribution in [1.82, 2.24) is 25.5 Å². The van der Waals surface area contributed by atoms with Crippen LogP contribution in [0.25, 0.3) is 11.1 Å². The van der Waals surface area contributed by atoms with E-state index in [0.29, 0.717) is 23.9 Å². The van der Waals surface area contributed by atoms with Gasteiger partial charge >= 0.3 is 5.97 Å². The number of tetrazole rings is 1. The molecule has 3 N–H and O–H groups in total. The second kappa shape index (κ2) is 14.4. The van der Waals surface area contributed by atoms with Crippen molar-refractivity contribution >= 4 is 23.6 Å². The fourth-order valence-corrected chi connectivity index (χ4v) is 5.64. The lowest BCUT2D eigenvalue weighted by Gasteiger charge is -2.36. The summed E-state index contributed by atoms with van der Waals surface area (Å²) in [7, 11) is 1.80. The zero-order chi connectivity index (χ0) is 30.2. The number of rotatable bonds is 12. The number of nitrogens with zero attached hydrogens (tertiary/aromatic N) is 4. The molecule has 1 aromatic heterocycles. The molecule has 0 radical (unpaired) electrons. The third-order valence-electron chi connectivity index (χ3n) is 7.07. The number of carboxylic acid groups (broad SMARTS) is 1. The number of hydrogen-bond acceptors (Lipinski definition) is 9. The highest BCUT2D eigenvalue weighted by Gasteiger charge is 2.32. The number of aromatic nitrogens is 4. The van der Waals surface area contributed by atoms with E-state index in [0.717, 1.165) is 33.4 Å². The molecule has 2 heterocycles. The minimum Gasteiger partial charge on any atom is -0.481 e. The van der Waals surface area contributed by atoms with E-state index in [1.54, 1.807) is 11.7 Å². The number of ether oxygens (including phenoxy) is 2. The molecular weight excluding hydrogens is 570 g/mol. The molecule has 1 aliphatic rings. The number of benzene rings is 3. The molecule has 1 amide bonds. The Hall–Kier alpha value is -4.10. The number of nitrogens with one attached hydrogen (secondary N) is 1.